The van der Waals surface area contributed by atoms with Gasteiger partial charge < -0.3 is 15.1 Å². The summed E-state index contributed by atoms with van der Waals surface area (Å²) in [5.74, 6) is 0.570. The van der Waals surface area contributed by atoms with Gasteiger partial charge in [0.05, 0.1) is 22.3 Å². The molecule has 0 fully saturated rings. The highest BCUT2D eigenvalue weighted by atomic mass is 32.1. The average Bonchev–Trinajstić information content (AvgIpc) is 3.04. The highest BCUT2D eigenvalue weighted by Crippen LogP contribution is 2.23. The van der Waals surface area contributed by atoms with E-state index in [1.54, 1.807) is 11.3 Å². The Bertz CT molecular complexity index is 705. The van der Waals surface area contributed by atoms with Gasteiger partial charge in [-0.2, -0.15) is 0 Å². The van der Waals surface area contributed by atoms with Crippen LogP contribution in [0.25, 0.3) is 10.2 Å². The molecule has 0 atom stereocenters. The van der Waals surface area contributed by atoms with Crippen molar-refractivity contribution in [1.82, 2.24) is 20.5 Å². The Morgan fingerprint density at radius 3 is 3.05 bits per heavy atom. The highest BCUT2D eigenvalue weighted by Gasteiger charge is 2.07. The van der Waals surface area contributed by atoms with Gasteiger partial charge in [-0.15, -0.1) is 16.4 Å². The first-order valence-electron chi connectivity index (χ1n) is 6.37. The van der Waals surface area contributed by atoms with Gasteiger partial charge in [-0.05, 0) is 18.2 Å². The van der Waals surface area contributed by atoms with E-state index < -0.39 is 0 Å². The van der Waals surface area contributed by atoms with Gasteiger partial charge in [-0.25, -0.2) is 4.98 Å². The number of rotatable bonds is 5. The molecular weight excluding hydrogens is 274 g/mol. The number of hydrogen-bond acceptors (Lipinski definition) is 7. The molecule has 20 heavy (non-hydrogen) atoms. The van der Waals surface area contributed by atoms with Crippen LogP contribution in [0.2, 0.25) is 0 Å². The number of thiazole rings is 1. The molecule has 0 unspecified atom stereocenters. The van der Waals surface area contributed by atoms with Gasteiger partial charge in [0.25, 0.3) is 0 Å². The Balaban J connectivity index is 1.70. The van der Waals surface area contributed by atoms with Crippen molar-refractivity contribution < 1.29 is 4.42 Å². The molecule has 0 radical (unpaired) electrons. The first-order valence-corrected chi connectivity index (χ1v) is 7.25. The maximum absolute atomic E-state index is 5.52. The molecule has 2 aromatic heterocycles. The van der Waals surface area contributed by atoms with E-state index in [-0.39, 0.29) is 0 Å². The molecule has 0 saturated carbocycles. The molecule has 7 heteroatoms. The normalized spacial score (nSPS) is 11.3. The van der Waals surface area contributed by atoms with E-state index in [2.05, 4.69) is 39.7 Å². The zero-order valence-corrected chi connectivity index (χ0v) is 12.1. The minimum absolute atomic E-state index is 0.382. The molecule has 0 aliphatic rings. The second-order valence-corrected chi connectivity index (χ2v) is 5.58. The van der Waals surface area contributed by atoms with Crippen LogP contribution in [0.5, 0.6) is 0 Å². The molecule has 104 valence electrons. The molecule has 0 aliphatic carbocycles. The third-order valence-corrected chi connectivity index (χ3v) is 3.50. The van der Waals surface area contributed by atoms with Gasteiger partial charge in [0, 0.05) is 11.7 Å². The largest absolute Gasteiger partial charge is 0.406 e. The first-order chi connectivity index (χ1) is 9.70. The summed E-state index contributed by atoms with van der Waals surface area (Å²) in [5.41, 5.74) is 3.73. The molecule has 3 aromatic rings. The molecule has 0 bridgehead atoms. The predicted octanol–water partition coefficient (Wildman–Crippen LogP) is 2.92. The van der Waals surface area contributed by atoms with Crippen LogP contribution in [0.3, 0.4) is 0 Å². The molecular formula is C13H15N5OS. The topological polar surface area (TPSA) is 75.9 Å². The van der Waals surface area contributed by atoms with Gasteiger partial charge in [0.2, 0.25) is 5.89 Å². The van der Waals surface area contributed by atoms with E-state index >= 15 is 0 Å². The Morgan fingerprint density at radius 1 is 1.30 bits per heavy atom. The van der Waals surface area contributed by atoms with Crippen molar-refractivity contribution in [3.63, 3.8) is 0 Å². The Hall–Kier alpha value is -1.99. The zero-order valence-electron chi connectivity index (χ0n) is 11.3. The van der Waals surface area contributed by atoms with E-state index in [1.165, 1.54) is 0 Å². The maximum Gasteiger partial charge on any atom is 0.320 e. The molecule has 6 nitrogen and oxygen atoms in total. The Labute approximate surface area is 120 Å². The fraction of sp³-hybridized carbons (Fsp3) is 0.308. The van der Waals surface area contributed by atoms with Crippen molar-refractivity contribution in [2.75, 3.05) is 5.32 Å². The lowest BCUT2D eigenvalue weighted by molar-refractivity contribution is 0.460. The minimum Gasteiger partial charge on any atom is -0.406 e. The van der Waals surface area contributed by atoms with Crippen molar-refractivity contribution >= 4 is 33.3 Å². The van der Waals surface area contributed by atoms with Gasteiger partial charge in [-0.3, -0.25) is 0 Å². The lowest BCUT2D eigenvalue weighted by Gasteiger charge is -2.03. The predicted molar refractivity (Wildman–Crippen MR) is 79.2 cm³/mol. The van der Waals surface area contributed by atoms with Crippen LogP contribution < -0.4 is 10.6 Å². The molecule has 3 rings (SSSR count). The molecule has 0 aliphatic heterocycles. The summed E-state index contributed by atoms with van der Waals surface area (Å²) in [4.78, 5) is 4.24. The van der Waals surface area contributed by atoms with Crippen LogP contribution in [0.4, 0.5) is 11.7 Å². The fourth-order valence-electron chi connectivity index (χ4n) is 1.72. The van der Waals surface area contributed by atoms with Crippen molar-refractivity contribution in [2.24, 2.45) is 0 Å². The third kappa shape index (κ3) is 2.94. The van der Waals surface area contributed by atoms with E-state index in [1.807, 2.05) is 23.7 Å². The van der Waals surface area contributed by atoms with Crippen molar-refractivity contribution in [3.05, 3.63) is 29.6 Å². The number of aromatic nitrogens is 3. The molecule has 0 saturated heterocycles. The van der Waals surface area contributed by atoms with Crippen molar-refractivity contribution in [2.45, 2.75) is 26.4 Å². The maximum atomic E-state index is 5.52. The van der Waals surface area contributed by atoms with Crippen LogP contribution in [0.1, 0.15) is 19.7 Å². The summed E-state index contributed by atoms with van der Waals surface area (Å²) in [6.07, 6.45) is 0. The van der Waals surface area contributed by atoms with Gasteiger partial charge in [-0.1, -0.05) is 18.9 Å². The SMILES string of the molecule is CC(C)NCc1nnc(Nc2ccc3ncsc3c2)o1. The number of fused-ring (bicyclic) bond motifs is 1. The lowest BCUT2D eigenvalue weighted by Crippen LogP contribution is -2.21. The second-order valence-electron chi connectivity index (χ2n) is 4.70. The lowest BCUT2D eigenvalue weighted by atomic mass is 10.3. The summed E-state index contributed by atoms with van der Waals surface area (Å²) < 4.78 is 6.64. The van der Waals surface area contributed by atoms with Crippen LogP contribution >= 0.6 is 11.3 Å². The molecule has 1 aromatic carbocycles. The summed E-state index contributed by atoms with van der Waals surface area (Å²) in [5, 5.41) is 14.3. The molecule has 2 heterocycles. The number of nitrogens with one attached hydrogen (secondary N) is 2. The summed E-state index contributed by atoms with van der Waals surface area (Å²) >= 11 is 1.60. The summed E-state index contributed by atoms with van der Waals surface area (Å²) in [7, 11) is 0. The standard InChI is InChI=1S/C13H15N5OS/c1-8(2)14-6-12-17-18-13(19-12)16-9-3-4-10-11(5-9)20-7-15-10/h3-5,7-8,14H,6H2,1-2H3,(H,16,18). The molecule has 0 amide bonds. The number of anilines is 2. The van der Waals surface area contributed by atoms with Crippen LogP contribution in [0.15, 0.2) is 28.1 Å². The summed E-state index contributed by atoms with van der Waals surface area (Å²) in [6.45, 7) is 4.71. The van der Waals surface area contributed by atoms with Crippen molar-refractivity contribution in [1.29, 1.82) is 0 Å². The van der Waals surface area contributed by atoms with E-state index in [4.69, 9.17) is 4.42 Å². The summed E-state index contributed by atoms with van der Waals surface area (Å²) in [6, 6.07) is 6.70. The van der Waals surface area contributed by atoms with Gasteiger partial charge >= 0.3 is 6.01 Å². The zero-order chi connectivity index (χ0) is 13.9. The molecule has 0 spiro atoms. The Kier molecular flexibility index (Phi) is 3.62. The second kappa shape index (κ2) is 5.56. The quantitative estimate of drug-likeness (QED) is 0.752. The van der Waals surface area contributed by atoms with E-state index in [9.17, 15) is 0 Å². The van der Waals surface area contributed by atoms with Crippen LogP contribution in [-0.2, 0) is 6.54 Å². The van der Waals surface area contributed by atoms with Crippen LogP contribution in [-0.4, -0.2) is 21.2 Å². The number of nitrogens with zero attached hydrogens (tertiary/aromatic N) is 3. The van der Waals surface area contributed by atoms with Gasteiger partial charge in [0.15, 0.2) is 0 Å². The first kappa shape index (κ1) is 13.0. The minimum atomic E-state index is 0.382. The Morgan fingerprint density at radius 2 is 2.20 bits per heavy atom. The number of hydrogen-bond donors (Lipinski definition) is 2. The molecule has 2 N–H and O–H groups in total. The monoisotopic (exact) mass is 289 g/mol. The van der Waals surface area contributed by atoms with Crippen LogP contribution in [0, 0.1) is 0 Å². The smallest absolute Gasteiger partial charge is 0.320 e. The van der Waals surface area contributed by atoms with Crippen molar-refractivity contribution in [3.8, 4) is 0 Å². The highest BCUT2D eigenvalue weighted by molar-refractivity contribution is 7.16. The third-order valence-electron chi connectivity index (χ3n) is 2.71. The van der Waals surface area contributed by atoms with E-state index in [0.717, 1.165) is 15.9 Å². The van der Waals surface area contributed by atoms with Gasteiger partial charge in [0.1, 0.15) is 0 Å². The average molecular weight is 289 g/mol. The fourth-order valence-corrected chi connectivity index (χ4v) is 2.44. The number of benzene rings is 1. The van der Waals surface area contributed by atoms with E-state index in [0.29, 0.717) is 24.5 Å².